The van der Waals surface area contributed by atoms with Crippen LogP contribution in [0.5, 0.6) is 0 Å². The lowest BCUT2D eigenvalue weighted by atomic mass is 10.1. The lowest BCUT2D eigenvalue weighted by Gasteiger charge is -2.00. The molecule has 0 aliphatic carbocycles. The Hall–Kier alpha value is -1.88. The second-order valence-corrected chi connectivity index (χ2v) is 4.54. The molecule has 1 aromatic heterocycles. The van der Waals surface area contributed by atoms with Crippen molar-refractivity contribution in [1.29, 1.82) is 0 Å². The van der Waals surface area contributed by atoms with Gasteiger partial charge in [-0.3, -0.25) is 0 Å². The zero-order valence-corrected chi connectivity index (χ0v) is 9.41. The summed E-state index contributed by atoms with van der Waals surface area (Å²) in [7, 11) is 0. The van der Waals surface area contributed by atoms with Crippen molar-refractivity contribution in [2.45, 2.75) is 6.92 Å². The Morgan fingerprint density at radius 2 is 2.25 bits per heavy atom. The summed E-state index contributed by atoms with van der Waals surface area (Å²) in [5.74, 6) is -1.01. The Balaban J connectivity index is 2.59. The Morgan fingerprint density at radius 3 is 2.88 bits per heavy atom. The third-order valence-electron chi connectivity index (χ3n) is 2.09. The van der Waals surface area contributed by atoms with Crippen LogP contribution in [0.2, 0.25) is 0 Å². The topological polar surface area (TPSA) is 76.2 Å². The number of carboxylic acid groups (broad SMARTS) is 1. The average Bonchev–Trinajstić information content (AvgIpc) is 2.60. The number of anilines is 1. The molecule has 5 heteroatoms. The fourth-order valence-corrected chi connectivity index (χ4v) is 2.35. The summed E-state index contributed by atoms with van der Waals surface area (Å²) in [6.45, 7) is 1.78. The van der Waals surface area contributed by atoms with Crippen LogP contribution in [-0.4, -0.2) is 16.1 Å². The first-order chi connectivity index (χ1) is 7.58. The number of nitrogens with two attached hydrogens (primary N) is 1. The molecule has 0 atom stereocenters. The number of carboxylic acids is 1. The van der Waals surface area contributed by atoms with Crippen LogP contribution in [0.15, 0.2) is 24.3 Å². The third-order valence-corrected chi connectivity index (χ3v) is 3.11. The molecule has 0 aliphatic heterocycles. The standard InChI is InChI=1S/C11H10N2O2S/c1-6-13-9(11(14)15)10(16-6)7-3-2-4-8(12)5-7/h2-5H,12H2,1H3,(H,14,15). The fraction of sp³-hybridized carbons (Fsp3) is 0.0909. The van der Waals surface area contributed by atoms with Gasteiger partial charge in [0.15, 0.2) is 5.69 Å². The maximum atomic E-state index is 11.0. The molecule has 82 valence electrons. The highest BCUT2D eigenvalue weighted by atomic mass is 32.1. The van der Waals surface area contributed by atoms with Gasteiger partial charge in [0.2, 0.25) is 0 Å². The van der Waals surface area contributed by atoms with Gasteiger partial charge in [-0.1, -0.05) is 12.1 Å². The minimum Gasteiger partial charge on any atom is -0.476 e. The van der Waals surface area contributed by atoms with Crippen molar-refractivity contribution in [3.05, 3.63) is 35.0 Å². The predicted molar refractivity (Wildman–Crippen MR) is 63.7 cm³/mol. The van der Waals surface area contributed by atoms with Gasteiger partial charge in [0.1, 0.15) is 0 Å². The summed E-state index contributed by atoms with van der Waals surface area (Å²) in [5.41, 5.74) is 7.16. The number of thiazole rings is 1. The first-order valence-electron chi connectivity index (χ1n) is 4.64. The van der Waals surface area contributed by atoms with Gasteiger partial charge in [-0.25, -0.2) is 9.78 Å². The summed E-state index contributed by atoms with van der Waals surface area (Å²) in [4.78, 5) is 15.7. The van der Waals surface area contributed by atoms with E-state index in [1.165, 1.54) is 11.3 Å². The van der Waals surface area contributed by atoms with Crippen LogP contribution < -0.4 is 5.73 Å². The van der Waals surface area contributed by atoms with E-state index >= 15 is 0 Å². The molecular formula is C11H10N2O2S. The van der Waals surface area contributed by atoms with Crippen LogP contribution in [0.4, 0.5) is 5.69 Å². The molecule has 2 rings (SSSR count). The van der Waals surface area contributed by atoms with Crippen LogP contribution >= 0.6 is 11.3 Å². The minimum absolute atomic E-state index is 0.0908. The summed E-state index contributed by atoms with van der Waals surface area (Å²) < 4.78 is 0. The van der Waals surface area contributed by atoms with E-state index in [0.717, 1.165) is 10.6 Å². The van der Waals surface area contributed by atoms with Gasteiger partial charge in [0.25, 0.3) is 0 Å². The molecule has 0 fully saturated rings. The van der Waals surface area contributed by atoms with Gasteiger partial charge in [0, 0.05) is 5.69 Å². The monoisotopic (exact) mass is 234 g/mol. The third kappa shape index (κ3) is 1.90. The Labute approximate surface area is 96.4 Å². The molecular weight excluding hydrogens is 224 g/mol. The van der Waals surface area contributed by atoms with Gasteiger partial charge in [-0.05, 0) is 24.6 Å². The molecule has 0 aliphatic rings. The number of nitrogens with zero attached hydrogens (tertiary/aromatic N) is 1. The number of aromatic carboxylic acids is 1. The van der Waals surface area contributed by atoms with E-state index in [2.05, 4.69) is 4.98 Å². The molecule has 0 unspecified atom stereocenters. The smallest absolute Gasteiger partial charge is 0.356 e. The summed E-state index contributed by atoms with van der Waals surface area (Å²) in [5, 5.41) is 9.75. The second kappa shape index (κ2) is 3.94. The SMILES string of the molecule is Cc1nc(C(=O)O)c(-c2cccc(N)c2)s1. The van der Waals surface area contributed by atoms with Crippen molar-refractivity contribution >= 4 is 23.0 Å². The summed E-state index contributed by atoms with van der Waals surface area (Å²) >= 11 is 1.36. The quantitative estimate of drug-likeness (QED) is 0.782. The van der Waals surface area contributed by atoms with Crippen LogP contribution in [0.1, 0.15) is 15.5 Å². The van der Waals surface area contributed by atoms with E-state index in [0.29, 0.717) is 10.6 Å². The molecule has 0 spiro atoms. The summed E-state index contributed by atoms with van der Waals surface area (Å²) in [6, 6.07) is 7.14. The first kappa shape index (κ1) is 10.6. The molecule has 0 saturated heterocycles. The molecule has 3 N–H and O–H groups in total. The van der Waals surface area contributed by atoms with Gasteiger partial charge in [0.05, 0.1) is 9.88 Å². The highest BCUT2D eigenvalue weighted by Gasteiger charge is 2.17. The van der Waals surface area contributed by atoms with Gasteiger partial charge in [-0.2, -0.15) is 0 Å². The number of rotatable bonds is 2. The minimum atomic E-state index is -1.01. The van der Waals surface area contributed by atoms with Crippen molar-refractivity contribution in [3.63, 3.8) is 0 Å². The van der Waals surface area contributed by atoms with Crippen molar-refractivity contribution in [1.82, 2.24) is 4.98 Å². The number of nitrogen functional groups attached to an aromatic ring is 1. The van der Waals surface area contributed by atoms with Crippen LogP contribution in [-0.2, 0) is 0 Å². The maximum Gasteiger partial charge on any atom is 0.356 e. The molecule has 0 amide bonds. The molecule has 2 aromatic rings. The molecule has 0 saturated carbocycles. The number of hydrogen-bond donors (Lipinski definition) is 2. The van der Waals surface area contributed by atoms with Crippen LogP contribution in [0.25, 0.3) is 10.4 Å². The number of aromatic nitrogens is 1. The van der Waals surface area contributed by atoms with Gasteiger partial charge >= 0.3 is 5.97 Å². The molecule has 0 bridgehead atoms. The molecule has 4 nitrogen and oxygen atoms in total. The molecule has 1 aromatic carbocycles. The van der Waals surface area contributed by atoms with E-state index in [4.69, 9.17) is 10.8 Å². The molecule has 0 radical (unpaired) electrons. The lowest BCUT2D eigenvalue weighted by molar-refractivity contribution is 0.0692. The highest BCUT2D eigenvalue weighted by molar-refractivity contribution is 7.15. The number of carbonyl (C=O) groups is 1. The Bertz CT molecular complexity index is 549. The van der Waals surface area contributed by atoms with E-state index < -0.39 is 5.97 Å². The van der Waals surface area contributed by atoms with Crippen LogP contribution in [0, 0.1) is 6.92 Å². The molecule has 16 heavy (non-hydrogen) atoms. The molecule has 1 heterocycles. The zero-order valence-electron chi connectivity index (χ0n) is 8.60. The normalized spacial score (nSPS) is 10.3. The lowest BCUT2D eigenvalue weighted by Crippen LogP contribution is -1.98. The second-order valence-electron chi connectivity index (χ2n) is 3.34. The number of aryl methyl sites for hydroxylation is 1. The average molecular weight is 234 g/mol. The summed E-state index contributed by atoms with van der Waals surface area (Å²) in [6.07, 6.45) is 0. The Kier molecular flexibility index (Phi) is 2.62. The van der Waals surface area contributed by atoms with E-state index in [1.807, 2.05) is 6.07 Å². The van der Waals surface area contributed by atoms with Crippen molar-refractivity contribution < 1.29 is 9.90 Å². The fourth-order valence-electron chi connectivity index (χ4n) is 1.45. The maximum absolute atomic E-state index is 11.0. The Morgan fingerprint density at radius 1 is 1.50 bits per heavy atom. The van der Waals surface area contributed by atoms with Gasteiger partial charge in [-0.15, -0.1) is 11.3 Å². The predicted octanol–water partition coefficient (Wildman–Crippen LogP) is 2.40. The number of benzene rings is 1. The van der Waals surface area contributed by atoms with E-state index in [9.17, 15) is 4.79 Å². The van der Waals surface area contributed by atoms with Crippen molar-refractivity contribution in [2.24, 2.45) is 0 Å². The first-order valence-corrected chi connectivity index (χ1v) is 5.46. The van der Waals surface area contributed by atoms with Crippen LogP contribution in [0.3, 0.4) is 0 Å². The number of hydrogen-bond acceptors (Lipinski definition) is 4. The van der Waals surface area contributed by atoms with Crippen molar-refractivity contribution in [2.75, 3.05) is 5.73 Å². The van der Waals surface area contributed by atoms with Crippen molar-refractivity contribution in [3.8, 4) is 10.4 Å². The van der Waals surface area contributed by atoms with Gasteiger partial charge < -0.3 is 10.8 Å². The zero-order chi connectivity index (χ0) is 11.7. The van der Waals surface area contributed by atoms with E-state index in [1.54, 1.807) is 25.1 Å². The largest absolute Gasteiger partial charge is 0.476 e. The van der Waals surface area contributed by atoms with E-state index in [-0.39, 0.29) is 5.69 Å². The highest BCUT2D eigenvalue weighted by Crippen LogP contribution is 2.31.